The van der Waals surface area contributed by atoms with Crippen molar-refractivity contribution in [1.29, 1.82) is 0 Å². The van der Waals surface area contributed by atoms with Crippen LogP contribution in [0.4, 0.5) is 5.69 Å². The third-order valence-electron chi connectivity index (χ3n) is 2.80. The Morgan fingerprint density at radius 1 is 1.47 bits per heavy atom. The summed E-state index contributed by atoms with van der Waals surface area (Å²) in [6.07, 6.45) is 0. The summed E-state index contributed by atoms with van der Waals surface area (Å²) in [5.41, 5.74) is 3.52. The van der Waals surface area contributed by atoms with Gasteiger partial charge in [-0.1, -0.05) is 18.2 Å². The molecule has 4 nitrogen and oxygen atoms in total. The Bertz CT molecular complexity index is 479. The number of guanidine groups is 1. The molecule has 0 radical (unpaired) electrons. The van der Waals surface area contributed by atoms with Crippen LogP contribution in [-0.2, 0) is 11.3 Å². The number of carbonyl (C=O) groups excluding carboxylic acids is 1. The van der Waals surface area contributed by atoms with E-state index in [9.17, 15) is 4.79 Å². The van der Waals surface area contributed by atoms with Gasteiger partial charge in [-0.25, -0.2) is 4.99 Å². The minimum absolute atomic E-state index is 0.0184. The molecule has 4 heteroatoms. The number of hydrogen-bond acceptors (Lipinski definition) is 3. The van der Waals surface area contributed by atoms with Crippen molar-refractivity contribution in [2.75, 3.05) is 11.4 Å². The predicted molar refractivity (Wildman–Crippen MR) is 57.8 cm³/mol. The summed E-state index contributed by atoms with van der Waals surface area (Å²) in [7, 11) is 0. The summed E-state index contributed by atoms with van der Waals surface area (Å²) in [6, 6.07) is 6.15. The zero-order chi connectivity index (χ0) is 10.4. The van der Waals surface area contributed by atoms with Crippen LogP contribution in [0, 0.1) is 6.92 Å². The van der Waals surface area contributed by atoms with Crippen LogP contribution in [-0.4, -0.2) is 18.4 Å². The lowest BCUT2D eigenvalue weighted by atomic mass is 10.1. The van der Waals surface area contributed by atoms with Crippen LogP contribution in [0.15, 0.2) is 23.2 Å². The highest BCUT2D eigenvalue weighted by Crippen LogP contribution is 2.30. The van der Waals surface area contributed by atoms with E-state index in [0.29, 0.717) is 19.0 Å². The Labute approximate surface area is 87.6 Å². The van der Waals surface area contributed by atoms with E-state index in [-0.39, 0.29) is 5.91 Å². The number of carbonyl (C=O) groups is 1. The molecule has 76 valence electrons. The van der Waals surface area contributed by atoms with Gasteiger partial charge in [0.05, 0.1) is 12.2 Å². The number of aryl methyl sites for hydroxylation is 1. The molecule has 0 spiro atoms. The minimum Gasteiger partial charge on any atom is -0.302 e. The number of aliphatic imine (C=N–C) groups is 1. The maximum absolute atomic E-state index is 11.3. The fraction of sp³-hybridized carbons (Fsp3) is 0.273. The van der Waals surface area contributed by atoms with Crippen LogP contribution < -0.4 is 10.2 Å². The van der Waals surface area contributed by atoms with Crippen LogP contribution in [0.3, 0.4) is 0 Å². The van der Waals surface area contributed by atoms with E-state index in [1.165, 1.54) is 11.1 Å². The van der Waals surface area contributed by atoms with Crippen molar-refractivity contribution in [2.45, 2.75) is 13.5 Å². The summed E-state index contributed by atoms with van der Waals surface area (Å²) in [6.45, 7) is 3.10. The molecule has 15 heavy (non-hydrogen) atoms. The third kappa shape index (κ3) is 1.14. The maximum atomic E-state index is 11.3. The Balaban J connectivity index is 2.16. The van der Waals surface area contributed by atoms with Crippen molar-refractivity contribution in [2.24, 2.45) is 4.99 Å². The molecule has 2 heterocycles. The molecule has 0 aromatic heterocycles. The molecule has 0 saturated carbocycles. The summed E-state index contributed by atoms with van der Waals surface area (Å²) < 4.78 is 0. The SMILES string of the molecule is Cc1cccc2c1N1CC(=O)NC1=NC2. The lowest BCUT2D eigenvalue weighted by Crippen LogP contribution is -2.33. The van der Waals surface area contributed by atoms with Crippen molar-refractivity contribution in [3.63, 3.8) is 0 Å². The molecule has 1 amide bonds. The second kappa shape index (κ2) is 2.82. The average Bonchev–Trinajstić information content (AvgIpc) is 2.58. The van der Waals surface area contributed by atoms with Crippen LogP contribution in [0.1, 0.15) is 11.1 Å². The fourth-order valence-electron chi connectivity index (χ4n) is 2.15. The summed E-state index contributed by atoms with van der Waals surface area (Å²) >= 11 is 0. The lowest BCUT2D eigenvalue weighted by Gasteiger charge is -2.25. The van der Waals surface area contributed by atoms with Gasteiger partial charge >= 0.3 is 0 Å². The van der Waals surface area contributed by atoms with Gasteiger partial charge in [-0.15, -0.1) is 0 Å². The normalized spacial score (nSPS) is 18.1. The van der Waals surface area contributed by atoms with Crippen molar-refractivity contribution >= 4 is 17.6 Å². The zero-order valence-corrected chi connectivity index (χ0v) is 8.45. The van der Waals surface area contributed by atoms with Gasteiger partial charge in [-0.3, -0.25) is 10.1 Å². The monoisotopic (exact) mass is 201 g/mol. The summed E-state index contributed by atoms with van der Waals surface area (Å²) in [5, 5.41) is 2.76. The molecule has 2 aliphatic heterocycles. The van der Waals surface area contributed by atoms with Crippen LogP contribution in [0.5, 0.6) is 0 Å². The maximum Gasteiger partial charge on any atom is 0.246 e. The molecular weight excluding hydrogens is 190 g/mol. The number of fused-ring (bicyclic) bond motifs is 3. The van der Waals surface area contributed by atoms with Gasteiger partial charge in [0.25, 0.3) is 0 Å². The van der Waals surface area contributed by atoms with Crippen molar-refractivity contribution in [3.05, 3.63) is 29.3 Å². The van der Waals surface area contributed by atoms with Crippen molar-refractivity contribution in [3.8, 4) is 0 Å². The second-order valence-corrected chi connectivity index (χ2v) is 3.86. The summed E-state index contributed by atoms with van der Waals surface area (Å²) in [5.74, 6) is 0.714. The lowest BCUT2D eigenvalue weighted by molar-refractivity contribution is -0.117. The quantitative estimate of drug-likeness (QED) is 0.674. The number of nitrogens with one attached hydrogen (secondary N) is 1. The van der Waals surface area contributed by atoms with E-state index >= 15 is 0 Å². The van der Waals surface area contributed by atoms with Gasteiger partial charge in [0.2, 0.25) is 11.9 Å². The Morgan fingerprint density at radius 3 is 3.20 bits per heavy atom. The first-order valence-corrected chi connectivity index (χ1v) is 4.96. The molecule has 2 aliphatic rings. The highest BCUT2D eigenvalue weighted by molar-refractivity contribution is 6.15. The molecule has 0 atom stereocenters. The van der Waals surface area contributed by atoms with Gasteiger partial charge in [0.1, 0.15) is 6.54 Å². The van der Waals surface area contributed by atoms with Gasteiger partial charge < -0.3 is 4.90 Å². The number of anilines is 1. The predicted octanol–water partition coefficient (Wildman–Crippen LogP) is 0.801. The second-order valence-electron chi connectivity index (χ2n) is 3.86. The van der Waals surface area contributed by atoms with E-state index in [0.717, 1.165) is 5.69 Å². The Kier molecular flexibility index (Phi) is 1.59. The van der Waals surface area contributed by atoms with Crippen molar-refractivity contribution in [1.82, 2.24) is 5.32 Å². The van der Waals surface area contributed by atoms with Gasteiger partial charge in [-0.05, 0) is 18.1 Å². The first-order valence-electron chi connectivity index (χ1n) is 4.96. The molecule has 1 fully saturated rings. The van der Waals surface area contributed by atoms with E-state index in [2.05, 4.69) is 29.4 Å². The first-order chi connectivity index (χ1) is 7.25. The van der Waals surface area contributed by atoms with E-state index < -0.39 is 0 Å². The largest absolute Gasteiger partial charge is 0.302 e. The molecule has 0 unspecified atom stereocenters. The smallest absolute Gasteiger partial charge is 0.246 e. The third-order valence-corrected chi connectivity index (χ3v) is 2.80. The van der Waals surface area contributed by atoms with E-state index in [1.54, 1.807) is 0 Å². The van der Waals surface area contributed by atoms with Crippen LogP contribution >= 0.6 is 0 Å². The van der Waals surface area contributed by atoms with Crippen LogP contribution in [0.2, 0.25) is 0 Å². The van der Waals surface area contributed by atoms with Crippen LogP contribution in [0.25, 0.3) is 0 Å². The summed E-state index contributed by atoms with van der Waals surface area (Å²) in [4.78, 5) is 17.6. The number of nitrogens with zero attached hydrogens (tertiary/aromatic N) is 2. The average molecular weight is 201 g/mol. The number of para-hydroxylation sites is 1. The Hall–Kier alpha value is -1.84. The molecule has 1 N–H and O–H groups in total. The van der Waals surface area contributed by atoms with Crippen molar-refractivity contribution < 1.29 is 4.79 Å². The fourth-order valence-corrected chi connectivity index (χ4v) is 2.15. The molecule has 1 aromatic rings. The molecule has 0 aliphatic carbocycles. The first kappa shape index (κ1) is 8.47. The molecular formula is C11H11N3O. The highest BCUT2D eigenvalue weighted by Gasteiger charge is 2.31. The van der Waals surface area contributed by atoms with E-state index in [1.807, 2.05) is 11.0 Å². The van der Waals surface area contributed by atoms with E-state index in [4.69, 9.17) is 0 Å². The number of amides is 1. The Morgan fingerprint density at radius 2 is 2.33 bits per heavy atom. The zero-order valence-electron chi connectivity index (χ0n) is 8.45. The molecule has 0 bridgehead atoms. The molecule has 1 aromatic carbocycles. The number of hydrogen-bond donors (Lipinski definition) is 1. The van der Waals surface area contributed by atoms with Gasteiger partial charge in [0, 0.05) is 0 Å². The molecule has 1 saturated heterocycles. The highest BCUT2D eigenvalue weighted by atomic mass is 16.2. The standard InChI is InChI=1S/C11H11N3O/c1-7-3-2-4-8-5-12-11-13-9(15)6-14(11)10(7)8/h2-4H,5-6H2,1H3,(H,12,13,15). The topological polar surface area (TPSA) is 44.7 Å². The molecule has 3 rings (SSSR count). The number of rotatable bonds is 0. The number of benzene rings is 1. The minimum atomic E-state index is 0.0184. The van der Waals surface area contributed by atoms with Gasteiger partial charge in [-0.2, -0.15) is 0 Å². The van der Waals surface area contributed by atoms with Gasteiger partial charge in [0.15, 0.2) is 0 Å².